The predicted molar refractivity (Wildman–Crippen MR) is 114 cm³/mol. The molecular weight excluding hydrogens is 378 g/mol. The second kappa shape index (κ2) is 8.57. The SMILES string of the molecule is CCOc1ccc([C@@H]2CC(=O)c3c([nH]c(C(=O)OCc4ccccc4)c3C)C2)cc1. The number of ketones is 1. The summed E-state index contributed by atoms with van der Waals surface area (Å²) in [6, 6.07) is 17.4. The largest absolute Gasteiger partial charge is 0.494 e. The van der Waals surface area contributed by atoms with Crippen molar-refractivity contribution >= 4 is 11.8 Å². The van der Waals surface area contributed by atoms with Crippen molar-refractivity contribution in [3.63, 3.8) is 0 Å². The van der Waals surface area contributed by atoms with Crippen molar-refractivity contribution in [3.8, 4) is 5.75 Å². The number of ether oxygens (including phenoxy) is 2. The lowest BCUT2D eigenvalue weighted by atomic mass is 9.81. The number of benzene rings is 2. The molecule has 0 saturated heterocycles. The van der Waals surface area contributed by atoms with E-state index in [1.54, 1.807) is 0 Å². The molecular formula is C25H25NO4. The predicted octanol–water partition coefficient (Wildman–Crippen LogP) is 4.99. The molecule has 1 aromatic heterocycles. The van der Waals surface area contributed by atoms with Crippen LogP contribution in [0.2, 0.25) is 0 Å². The Balaban J connectivity index is 1.51. The summed E-state index contributed by atoms with van der Waals surface area (Å²) < 4.78 is 11.0. The molecule has 0 fully saturated rings. The number of H-pyrrole nitrogens is 1. The van der Waals surface area contributed by atoms with E-state index >= 15 is 0 Å². The lowest BCUT2D eigenvalue weighted by Crippen LogP contribution is -2.18. The van der Waals surface area contributed by atoms with Crippen LogP contribution in [0.25, 0.3) is 0 Å². The second-order valence-electron chi connectivity index (χ2n) is 7.57. The minimum absolute atomic E-state index is 0.0611. The fourth-order valence-corrected chi connectivity index (χ4v) is 4.07. The number of hydrogen-bond donors (Lipinski definition) is 1. The van der Waals surface area contributed by atoms with E-state index < -0.39 is 5.97 Å². The number of rotatable bonds is 6. The number of carbonyl (C=O) groups is 2. The molecule has 0 aliphatic heterocycles. The number of carbonyl (C=O) groups excluding carboxylic acids is 2. The Hall–Kier alpha value is -3.34. The summed E-state index contributed by atoms with van der Waals surface area (Å²) >= 11 is 0. The molecule has 154 valence electrons. The number of nitrogens with one attached hydrogen (secondary N) is 1. The molecule has 2 aromatic carbocycles. The summed E-state index contributed by atoms with van der Waals surface area (Å²) in [5.41, 5.74) is 4.53. The van der Waals surface area contributed by atoms with Gasteiger partial charge in [-0.15, -0.1) is 0 Å². The van der Waals surface area contributed by atoms with Gasteiger partial charge >= 0.3 is 5.97 Å². The Morgan fingerprint density at radius 2 is 1.80 bits per heavy atom. The van der Waals surface area contributed by atoms with Gasteiger partial charge in [0.15, 0.2) is 5.78 Å². The minimum atomic E-state index is -0.434. The molecule has 1 aliphatic carbocycles. The normalized spacial score (nSPS) is 15.5. The van der Waals surface area contributed by atoms with Crippen molar-refractivity contribution in [1.29, 1.82) is 0 Å². The molecule has 0 bridgehead atoms. The number of fused-ring (bicyclic) bond motifs is 1. The molecule has 0 amide bonds. The van der Waals surface area contributed by atoms with E-state index in [4.69, 9.17) is 9.47 Å². The van der Waals surface area contributed by atoms with Crippen LogP contribution in [0.1, 0.15) is 62.5 Å². The number of esters is 1. The van der Waals surface area contributed by atoms with E-state index in [0.717, 1.165) is 22.6 Å². The Kier molecular flexibility index (Phi) is 5.70. The van der Waals surface area contributed by atoms with Gasteiger partial charge in [0.25, 0.3) is 0 Å². The van der Waals surface area contributed by atoms with Crippen LogP contribution in [0.4, 0.5) is 0 Å². The highest BCUT2D eigenvalue weighted by atomic mass is 16.5. The molecule has 3 aromatic rings. The van der Waals surface area contributed by atoms with E-state index in [-0.39, 0.29) is 18.3 Å². The van der Waals surface area contributed by atoms with Gasteiger partial charge in [-0.3, -0.25) is 4.79 Å². The fraction of sp³-hybridized carbons (Fsp3) is 0.280. The molecule has 5 nitrogen and oxygen atoms in total. The average Bonchev–Trinajstić information content (AvgIpc) is 3.10. The Bertz CT molecular complexity index is 1050. The van der Waals surface area contributed by atoms with Gasteiger partial charge < -0.3 is 14.5 Å². The first-order valence-corrected chi connectivity index (χ1v) is 10.2. The van der Waals surface area contributed by atoms with E-state index in [2.05, 4.69) is 4.98 Å². The third-order valence-electron chi connectivity index (χ3n) is 5.57. The maximum atomic E-state index is 12.9. The van der Waals surface area contributed by atoms with Gasteiger partial charge in [-0.2, -0.15) is 0 Å². The van der Waals surface area contributed by atoms with Gasteiger partial charge in [-0.1, -0.05) is 42.5 Å². The average molecular weight is 403 g/mol. The molecule has 0 saturated carbocycles. The van der Waals surface area contributed by atoms with Crippen LogP contribution in [-0.2, 0) is 17.8 Å². The van der Waals surface area contributed by atoms with Crippen molar-refractivity contribution in [2.45, 2.75) is 39.2 Å². The molecule has 5 heteroatoms. The maximum Gasteiger partial charge on any atom is 0.355 e. The third-order valence-corrected chi connectivity index (χ3v) is 5.57. The molecule has 1 atom stereocenters. The van der Waals surface area contributed by atoms with Crippen molar-refractivity contribution < 1.29 is 19.1 Å². The van der Waals surface area contributed by atoms with Gasteiger partial charge in [0.1, 0.15) is 18.1 Å². The molecule has 4 rings (SSSR count). The van der Waals surface area contributed by atoms with Crippen LogP contribution < -0.4 is 4.74 Å². The van der Waals surface area contributed by atoms with Crippen LogP contribution >= 0.6 is 0 Å². The molecule has 1 heterocycles. The first-order valence-electron chi connectivity index (χ1n) is 10.2. The van der Waals surface area contributed by atoms with Gasteiger partial charge in [0, 0.05) is 17.7 Å². The van der Waals surface area contributed by atoms with Crippen LogP contribution in [0.15, 0.2) is 54.6 Å². The number of Topliss-reactive ketones (excluding diaryl/α,β-unsaturated/α-hetero) is 1. The van der Waals surface area contributed by atoms with E-state index in [1.165, 1.54) is 0 Å². The van der Waals surface area contributed by atoms with Crippen molar-refractivity contribution in [2.75, 3.05) is 6.61 Å². The smallest absolute Gasteiger partial charge is 0.355 e. The van der Waals surface area contributed by atoms with Crippen molar-refractivity contribution in [2.24, 2.45) is 0 Å². The van der Waals surface area contributed by atoms with Gasteiger partial charge in [0.05, 0.1) is 6.61 Å². The van der Waals surface area contributed by atoms with E-state index in [1.807, 2.05) is 68.4 Å². The lowest BCUT2D eigenvalue weighted by molar-refractivity contribution is 0.0465. The fourth-order valence-electron chi connectivity index (χ4n) is 4.07. The highest BCUT2D eigenvalue weighted by Crippen LogP contribution is 2.35. The minimum Gasteiger partial charge on any atom is -0.494 e. The van der Waals surface area contributed by atoms with Crippen LogP contribution in [0.3, 0.4) is 0 Å². The highest BCUT2D eigenvalue weighted by molar-refractivity contribution is 6.03. The first-order chi connectivity index (χ1) is 14.6. The zero-order valence-corrected chi connectivity index (χ0v) is 17.2. The first kappa shape index (κ1) is 20.0. The van der Waals surface area contributed by atoms with E-state index in [0.29, 0.717) is 36.3 Å². The van der Waals surface area contributed by atoms with Crippen molar-refractivity contribution in [1.82, 2.24) is 4.98 Å². The summed E-state index contributed by atoms with van der Waals surface area (Å²) in [7, 11) is 0. The van der Waals surface area contributed by atoms with Crippen LogP contribution in [0, 0.1) is 6.92 Å². The summed E-state index contributed by atoms with van der Waals surface area (Å²) in [5, 5.41) is 0. The summed E-state index contributed by atoms with van der Waals surface area (Å²) in [5.74, 6) is 0.525. The summed E-state index contributed by atoms with van der Waals surface area (Å²) in [6.07, 6.45) is 1.11. The quantitative estimate of drug-likeness (QED) is 0.589. The van der Waals surface area contributed by atoms with Crippen molar-refractivity contribution in [3.05, 3.63) is 88.2 Å². The molecule has 0 spiro atoms. The molecule has 0 unspecified atom stereocenters. The Morgan fingerprint density at radius 1 is 1.07 bits per heavy atom. The Labute approximate surface area is 176 Å². The molecule has 0 radical (unpaired) electrons. The van der Waals surface area contributed by atoms with E-state index in [9.17, 15) is 9.59 Å². The number of aromatic amines is 1. The van der Waals surface area contributed by atoms with Gasteiger partial charge in [0.2, 0.25) is 0 Å². The summed E-state index contributed by atoms with van der Waals surface area (Å²) in [6.45, 7) is 4.58. The molecule has 30 heavy (non-hydrogen) atoms. The van der Waals surface area contributed by atoms with Crippen LogP contribution in [0.5, 0.6) is 5.75 Å². The summed E-state index contributed by atoms with van der Waals surface area (Å²) in [4.78, 5) is 28.7. The topological polar surface area (TPSA) is 68.4 Å². The second-order valence-corrected chi connectivity index (χ2v) is 7.57. The number of hydrogen-bond acceptors (Lipinski definition) is 4. The zero-order chi connectivity index (χ0) is 21.1. The zero-order valence-electron chi connectivity index (χ0n) is 17.2. The molecule has 1 aliphatic rings. The van der Waals surface area contributed by atoms with Crippen LogP contribution in [-0.4, -0.2) is 23.3 Å². The van der Waals surface area contributed by atoms with Gasteiger partial charge in [-0.05, 0) is 55.0 Å². The monoisotopic (exact) mass is 403 g/mol. The highest BCUT2D eigenvalue weighted by Gasteiger charge is 2.32. The number of aromatic nitrogens is 1. The van der Waals surface area contributed by atoms with Gasteiger partial charge in [-0.25, -0.2) is 4.79 Å². The lowest BCUT2D eigenvalue weighted by Gasteiger charge is -2.22. The molecule has 1 N–H and O–H groups in total. The third kappa shape index (κ3) is 4.01. The maximum absolute atomic E-state index is 12.9. The Morgan fingerprint density at radius 3 is 2.50 bits per heavy atom. The standard InChI is InChI=1S/C25H25NO4/c1-3-29-20-11-9-18(10-12-20)19-13-21-23(22(27)14-19)16(2)24(26-21)25(28)30-15-17-7-5-4-6-8-17/h4-12,19,26H,3,13-15H2,1-2H3/t19-/m0/s1.